The fraction of sp³-hybridized carbons (Fsp3) is 0.846. The van der Waals surface area contributed by atoms with Crippen molar-refractivity contribution in [3.8, 4) is 0 Å². The third kappa shape index (κ3) is 4.29. The average molecular weight is 255 g/mol. The number of hydrogen-bond acceptors (Lipinski definition) is 3. The van der Waals surface area contributed by atoms with Gasteiger partial charge in [0.1, 0.15) is 0 Å². The molecule has 3 unspecified atom stereocenters. The van der Waals surface area contributed by atoms with Gasteiger partial charge >= 0.3 is 0 Å². The maximum absolute atomic E-state index is 12.2. The molecular weight excluding hydrogens is 230 g/mol. The summed E-state index contributed by atoms with van der Waals surface area (Å²) in [5.74, 6) is 0.632. The highest BCUT2D eigenvalue weighted by Gasteiger charge is 2.29. The van der Waals surface area contributed by atoms with Gasteiger partial charge in [0.05, 0.1) is 6.04 Å². The number of carbonyl (C=O) groups excluding carboxylic acids is 2. The van der Waals surface area contributed by atoms with E-state index >= 15 is 0 Å². The number of nitrogens with zero attached hydrogens (tertiary/aromatic N) is 1. The molecule has 0 bridgehead atoms. The van der Waals surface area contributed by atoms with Gasteiger partial charge in [0.2, 0.25) is 11.8 Å². The van der Waals surface area contributed by atoms with Crippen LogP contribution in [0.2, 0.25) is 0 Å². The zero-order chi connectivity index (χ0) is 13.7. The van der Waals surface area contributed by atoms with Crippen LogP contribution in [0.15, 0.2) is 0 Å². The Hall–Kier alpha value is -1.10. The highest BCUT2D eigenvalue weighted by Crippen LogP contribution is 2.20. The van der Waals surface area contributed by atoms with Crippen molar-refractivity contribution in [1.29, 1.82) is 0 Å². The van der Waals surface area contributed by atoms with Gasteiger partial charge in [-0.1, -0.05) is 6.92 Å². The topological polar surface area (TPSA) is 61.4 Å². The molecule has 0 aliphatic carbocycles. The number of hydrogen-bond donors (Lipinski definition) is 2. The molecule has 104 valence electrons. The lowest BCUT2D eigenvalue weighted by atomic mass is 9.89. The Balaban J connectivity index is 2.45. The lowest BCUT2D eigenvalue weighted by Gasteiger charge is -2.34. The molecule has 1 aliphatic rings. The minimum Gasteiger partial charge on any atom is -0.359 e. The Bertz CT molecular complexity index is 297. The van der Waals surface area contributed by atoms with E-state index in [2.05, 4.69) is 24.5 Å². The molecule has 0 saturated carbocycles. The Kier molecular flexibility index (Phi) is 5.59. The van der Waals surface area contributed by atoms with E-state index < -0.39 is 0 Å². The molecule has 0 radical (unpaired) electrons. The molecule has 1 rings (SSSR count). The molecule has 0 aromatic heterocycles. The van der Waals surface area contributed by atoms with Gasteiger partial charge in [-0.2, -0.15) is 0 Å². The molecule has 5 nitrogen and oxygen atoms in total. The first-order valence-electron chi connectivity index (χ1n) is 6.65. The van der Waals surface area contributed by atoms with Crippen molar-refractivity contribution in [3.63, 3.8) is 0 Å². The molecule has 18 heavy (non-hydrogen) atoms. The maximum Gasteiger partial charge on any atom is 0.239 e. The smallest absolute Gasteiger partial charge is 0.239 e. The largest absolute Gasteiger partial charge is 0.359 e. The predicted molar refractivity (Wildman–Crippen MR) is 71.1 cm³/mol. The SMILES string of the molecule is CNC(=O)CCN(C)C(=O)C1CC(C)CC(C)N1. The fourth-order valence-corrected chi connectivity index (χ4v) is 2.52. The van der Waals surface area contributed by atoms with Crippen molar-refractivity contribution < 1.29 is 9.59 Å². The highest BCUT2D eigenvalue weighted by atomic mass is 16.2. The van der Waals surface area contributed by atoms with Crippen LogP contribution in [0.3, 0.4) is 0 Å². The molecule has 2 amide bonds. The summed E-state index contributed by atoms with van der Waals surface area (Å²) in [6.45, 7) is 4.77. The number of rotatable bonds is 4. The molecule has 1 saturated heterocycles. The van der Waals surface area contributed by atoms with Crippen molar-refractivity contribution in [1.82, 2.24) is 15.5 Å². The summed E-state index contributed by atoms with van der Waals surface area (Å²) in [5, 5.41) is 5.90. The van der Waals surface area contributed by atoms with Crippen LogP contribution < -0.4 is 10.6 Å². The second-order valence-corrected chi connectivity index (χ2v) is 5.38. The van der Waals surface area contributed by atoms with Crippen LogP contribution in [0.5, 0.6) is 0 Å². The van der Waals surface area contributed by atoms with Gasteiger partial charge in [-0.3, -0.25) is 9.59 Å². The van der Waals surface area contributed by atoms with Crippen molar-refractivity contribution in [2.45, 2.75) is 45.2 Å². The lowest BCUT2D eigenvalue weighted by molar-refractivity contribution is -0.134. The van der Waals surface area contributed by atoms with E-state index in [1.807, 2.05) is 0 Å². The molecular formula is C13H25N3O2. The molecule has 1 fully saturated rings. The summed E-state index contributed by atoms with van der Waals surface area (Å²) in [4.78, 5) is 25.0. The number of likely N-dealkylation sites (N-methyl/N-ethyl adjacent to an activating group) is 1. The summed E-state index contributed by atoms with van der Waals surface area (Å²) in [6, 6.07) is 0.286. The molecule has 1 heterocycles. The maximum atomic E-state index is 12.2. The molecule has 2 N–H and O–H groups in total. The lowest BCUT2D eigenvalue weighted by Crippen LogP contribution is -2.52. The van der Waals surface area contributed by atoms with Gasteiger partial charge in [-0.15, -0.1) is 0 Å². The average Bonchev–Trinajstić information content (AvgIpc) is 2.33. The summed E-state index contributed by atoms with van der Waals surface area (Å²) in [5.41, 5.74) is 0. The normalized spacial score (nSPS) is 27.7. The van der Waals surface area contributed by atoms with Gasteiger partial charge in [0.15, 0.2) is 0 Å². The van der Waals surface area contributed by atoms with Crippen LogP contribution >= 0.6 is 0 Å². The third-order valence-corrected chi connectivity index (χ3v) is 3.51. The van der Waals surface area contributed by atoms with Crippen LogP contribution in [0.25, 0.3) is 0 Å². The second kappa shape index (κ2) is 6.73. The van der Waals surface area contributed by atoms with Crippen molar-refractivity contribution >= 4 is 11.8 Å². The summed E-state index contributed by atoms with van der Waals surface area (Å²) >= 11 is 0. The molecule has 5 heteroatoms. The van der Waals surface area contributed by atoms with Crippen LogP contribution in [0, 0.1) is 5.92 Å². The van der Waals surface area contributed by atoms with Crippen molar-refractivity contribution in [2.24, 2.45) is 5.92 Å². The standard InChI is InChI=1S/C13H25N3O2/c1-9-7-10(2)15-11(8-9)13(18)16(4)6-5-12(17)14-3/h9-11,15H,5-8H2,1-4H3,(H,14,17). The van der Waals surface area contributed by atoms with Crippen LogP contribution in [-0.4, -0.2) is 49.4 Å². The number of nitrogens with one attached hydrogen (secondary N) is 2. The van der Waals surface area contributed by atoms with Crippen molar-refractivity contribution in [2.75, 3.05) is 20.6 Å². The number of amides is 2. The summed E-state index contributed by atoms with van der Waals surface area (Å²) in [6.07, 6.45) is 2.36. The third-order valence-electron chi connectivity index (χ3n) is 3.51. The Morgan fingerprint density at radius 1 is 1.33 bits per heavy atom. The molecule has 0 aromatic rings. The number of piperidine rings is 1. The Labute approximate surface area is 109 Å². The van der Waals surface area contributed by atoms with E-state index in [1.165, 1.54) is 0 Å². The number of carbonyl (C=O) groups is 2. The van der Waals surface area contributed by atoms with E-state index in [-0.39, 0.29) is 17.9 Å². The minimum absolute atomic E-state index is 0.0343. The van der Waals surface area contributed by atoms with Crippen LogP contribution in [-0.2, 0) is 9.59 Å². The second-order valence-electron chi connectivity index (χ2n) is 5.38. The van der Waals surface area contributed by atoms with Gasteiger partial charge in [-0.05, 0) is 25.7 Å². The summed E-state index contributed by atoms with van der Waals surface area (Å²) < 4.78 is 0. The van der Waals surface area contributed by atoms with E-state index in [0.29, 0.717) is 24.9 Å². The van der Waals surface area contributed by atoms with E-state index in [9.17, 15) is 9.59 Å². The molecule has 3 atom stereocenters. The van der Waals surface area contributed by atoms with Gasteiger partial charge in [-0.25, -0.2) is 0 Å². The summed E-state index contributed by atoms with van der Waals surface area (Å²) in [7, 11) is 3.37. The monoisotopic (exact) mass is 255 g/mol. The molecule has 0 aromatic carbocycles. The minimum atomic E-state index is -0.0987. The predicted octanol–water partition coefficient (Wildman–Crippen LogP) is 0.358. The zero-order valence-electron chi connectivity index (χ0n) is 11.8. The van der Waals surface area contributed by atoms with E-state index in [0.717, 1.165) is 12.8 Å². The van der Waals surface area contributed by atoms with Gasteiger partial charge < -0.3 is 15.5 Å². The highest BCUT2D eigenvalue weighted by molar-refractivity contribution is 5.82. The van der Waals surface area contributed by atoms with Crippen LogP contribution in [0.4, 0.5) is 0 Å². The quantitative estimate of drug-likeness (QED) is 0.762. The first-order chi connectivity index (χ1) is 8.43. The molecule has 1 aliphatic heterocycles. The van der Waals surface area contributed by atoms with Gasteiger partial charge in [0, 0.05) is 33.1 Å². The fourth-order valence-electron chi connectivity index (χ4n) is 2.52. The van der Waals surface area contributed by atoms with Crippen LogP contribution in [0.1, 0.15) is 33.1 Å². The Morgan fingerprint density at radius 3 is 2.56 bits per heavy atom. The van der Waals surface area contributed by atoms with E-state index in [4.69, 9.17) is 0 Å². The first kappa shape index (κ1) is 15.0. The van der Waals surface area contributed by atoms with Gasteiger partial charge in [0.25, 0.3) is 0 Å². The molecule has 0 spiro atoms. The zero-order valence-corrected chi connectivity index (χ0v) is 11.8. The first-order valence-corrected chi connectivity index (χ1v) is 6.65. The van der Waals surface area contributed by atoms with Crippen molar-refractivity contribution in [3.05, 3.63) is 0 Å². The van der Waals surface area contributed by atoms with E-state index in [1.54, 1.807) is 19.0 Å². The Morgan fingerprint density at radius 2 is 2.00 bits per heavy atom.